The smallest absolute Gasteiger partial charge is 0.246 e. The first kappa shape index (κ1) is 16.4. The van der Waals surface area contributed by atoms with Crippen LogP contribution >= 0.6 is 0 Å². The molecule has 2 aromatic carbocycles. The molecule has 0 bridgehead atoms. The van der Waals surface area contributed by atoms with Gasteiger partial charge in [-0.3, -0.25) is 0 Å². The van der Waals surface area contributed by atoms with Crippen LogP contribution in [0.25, 0.3) is 0 Å². The van der Waals surface area contributed by atoms with Gasteiger partial charge >= 0.3 is 0 Å². The lowest BCUT2D eigenvalue weighted by Gasteiger charge is -2.22. The molecule has 1 aliphatic heterocycles. The van der Waals surface area contributed by atoms with Crippen molar-refractivity contribution in [1.29, 1.82) is 0 Å². The third-order valence-electron chi connectivity index (χ3n) is 4.59. The average Bonchev–Trinajstić information content (AvgIpc) is 3.25. The van der Waals surface area contributed by atoms with Crippen molar-refractivity contribution in [2.75, 3.05) is 12.0 Å². The summed E-state index contributed by atoms with van der Waals surface area (Å²) in [4.78, 5) is 6.76. The first-order chi connectivity index (χ1) is 12.7. The van der Waals surface area contributed by atoms with Gasteiger partial charge in [-0.2, -0.15) is 4.98 Å². The van der Waals surface area contributed by atoms with Crippen LogP contribution in [0.5, 0.6) is 11.5 Å². The number of anilines is 1. The summed E-state index contributed by atoms with van der Waals surface area (Å²) in [6, 6.07) is 16.3. The molecule has 0 unspecified atom stereocenters. The van der Waals surface area contributed by atoms with Gasteiger partial charge in [0.15, 0.2) is 6.61 Å². The highest BCUT2D eigenvalue weighted by Gasteiger charge is 2.27. The Hall–Kier alpha value is -3.02. The van der Waals surface area contributed by atoms with Crippen molar-refractivity contribution >= 4 is 5.69 Å². The molecule has 3 aromatic rings. The molecule has 26 heavy (non-hydrogen) atoms. The summed E-state index contributed by atoms with van der Waals surface area (Å²) >= 11 is 0. The number of nitrogens with zero attached hydrogens (tertiary/aromatic N) is 3. The number of benzene rings is 2. The second-order valence-corrected chi connectivity index (χ2v) is 6.38. The van der Waals surface area contributed by atoms with Gasteiger partial charge in [0.2, 0.25) is 11.7 Å². The van der Waals surface area contributed by atoms with Gasteiger partial charge in [0, 0.05) is 11.7 Å². The van der Waals surface area contributed by atoms with Gasteiger partial charge in [-0.05, 0) is 49.2 Å². The van der Waals surface area contributed by atoms with Crippen LogP contribution in [0.2, 0.25) is 0 Å². The van der Waals surface area contributed by atoms with E-state index in [0.29, 0.717) is 24.3 Å². The van der Waals surface area contributed by atoms with Crippen LogP contribution in [0.4, 0.5) is 5.69 Å². The average molecular weight is 351 g/mol. The predicted molar refractivity (Wildman–Crippen MR) is 97.4 cm³/mol. The van der Waals surface area contributed by atoms with Crippen LogP contribution in [0.1, 0.15) is 24.2 Å². The zero-order valence-corrected chi connectivity index (χ0v) is 14.9. The van der Waals surface area contributed by atoms with Crippen molar-refractivity contribution in [3.63, 3.8) is 0 Å². The molecule has 0 aliphatic carbocycles. The molecule has 1 atom stereocenters. The third kappa shape index (κ3) is 3.35. The van der Waals surface area contributed by atoms with E-state index < -0.39 is 0 Å². The Labute approximate surface area is 152 Å². The molecule has 0 radical (unpaired) electrons. The minimum absolute atomic E-state index is 0.266. The first-order valence-electron chi connectivity index (χ1n) is 8.66. The lowest BCUT2D eigenvalue weighted by atomic mass is 10.1. The number of fused-ring (bicyclic) bond motifs is 1. The normalized spacial score (nSPS) is 15.8. The molecule has 2 heterocycles. The lowest BCUT2D eigenvalue weighted by Crippen LogP contribution is -2.28. The number of para-hydroxylation sites is 1. The molecular weight excluding hydrogens is 330 g/mol. The van der Waals surface area contributed by atoms with Crippen molar-refractivity contribution in [1.82, 2.24) is 10.1 Å². The summed E-state index contributed by atoms with van der Waals surface area (Å²) in [5, 5.41) is 4.03. The Bertz CT molecular complexity index is 876. The first-order valence-corrected chi connectivity index (χ1v) is 8.66. The van der Waals surface area contributed by atoms with E-state index in [1.807, 2.05) is 24.3 Å². The van der Waals surface area contributed by atoms with Crippen molar-refractivity contribution in [2.24, 2.45) is 0 Å². The highest BCUT2D eigenvalue weighted by atomic mass is 16.5. The highest BCUT2D eigenvalue weighted by molar-refractivity contribution is 5.59. The molecule has 1 aromatic heterocycles. The van der Waals surface area contributed by atoms with Crippen LogP contribution in [0.3, 0.4) is 0 Å². The Morgan fingerprint density at radius 2 is 1.88 bits per heavy atom. The zero-order chi connectivity index (χ0) is 17.9. The van der Waals surface area contributed by atoms with Gasteiger partial charge in [0.25, 0.3) is 0 Å². The maximum atomic E-state index is 5.70. The van der Waals surface area contributed by atoms with E-state index in [2.05, 4.69) is 46.2 Å². The topological polar surface area (TPSA) is 60.6 Å². The summed E-state index contributed by atoms with van der Waals surface area (Å²) in [7, 11) is 1.64. The SMILES string of the molecule is COc1ccc(OCc2noc(CN3c4ccccc4C[C@@H]3C)n2)cc1. The van der Waals surface area contributed by atoms with E-state index in [1.165, 1.54) is 11.3 Å². The number of hydrogen-bond acceptors (Lipinski definition) is 6. The summed E-state index contributed by atoms with van der Waals surface area (Å²) in [6.45, 7) is 3.08. The van der Waals surface area contributed by atoms with Crippen LogP contribution in [0, 0.1) is 0 Å². The molecule has 6 heteroatoms. The van der Waals surface area contributed by atoms with Crippen LogP contribution in [0.15, 0.2) is 53.1 Å². The molecule has 0 saturated carbocycles. The van der Waals surface area contributed by atoms with E-state index in [1.54, 1.807) is 7.11 Å². The van der Waals surface area contributed by atoms with E-state index in [9.17, 15) is 0 Å². The van der Waals surface area contributed by atoms with Gasteiger partial charge < -0.3 is 18.9 Å². The largest absolute Gasteiger partial charge is 0.497 e. The Morgan fingerprint density at radius 1 is 1.12 bits per heavy atom. The van der Waals surface area contributed by atoms with E-state index in [0.717, 1.165) is 17.9 Å². The van der Waals surface area contributed by atoms with Gasteiger partial charge in [0.1, 0.15) is 11.5 Å². The molecule has 0 spiro atoms. The van der Waals surface area contributed by atoms with Crippen molar-refractivity contribution in [3.05, 3.63) is 65.8 Å². The fraction of sp³-hybridized carbons (Fsp3) is 0.300. The Morgan fingerprint density at radius 3 is 2.69 bits per heavy atom. The van der Waals surface area contributed by atoms with Gasteiger partial charge in [0.05, 0.1) is 13.7 Å². The molecule has 0 saturated heterocycles. The molecule has 0 amide bonds. The van der Waals surface area contributed by atoms with Gasteiger partial charge in [-0.1, -0.05) is 23.4 Å². The fourth-order valence-electron chi connectivity index (χ4n) is 3.25. The molecule has 0 N–H and O–H groups in total. The summed E-state index contributed by atoms with van der Waals surface area (Å²) in [5.41, 5.74) is 2.61. The van der Waals surface area contributed by atoms with E-state index in [4.69, 9.17) is 14.0 Å². The molecule has 6 nitrogen and oxygen atoms in total. The monoisotopic (exact) mass is 351 g/mol. The van der Waals surface area contributed by atoms with Gasteiger partial charge in [-0.15, -0.1) is 0 Å². The Balaban J connectivity index is 1.39. The fourth-order valence-corrected chi connectivity index (χ4v) is 3.25. The summed E-state index contributed by atoms with van der Waals surface area (Å²) < 4.78 is 16.2. The molecule has 134 valence electrons. The van der Waals surface area contributed by atoms with Crippen molar-refractivity contribution in [2.45, 2.75) is 32.5 Å². The number of aromatic nitrogens is 2. The van der Waals surface area contributed by atoms with E-state index >= 15 is 0 Å². The number of ether oxygens (including phenoxy) is 2. The molecule has 4 rings (SSSR count). The maximum Gasteiger partial charge on any atom is 0.246 e. The van der Waals surface area contributed by atoms with Crippen molar-refractivity contribution < 1.29 is 14.0 Å². The van der Waals surface area contributed by atoms with E-state index in [-0.39, 0.29) is 6.61 Å². The minimum Gasteiger partial charge on any atom is -0.497 e. The number of rotatable bonds is 6. The highest BCUT2D eigenvalue weighted by Crippen LogP contribution is 2.32. The predicted octanol–water partition coefficient (Wildman–Crippen LogP) is 3.61. The number of methoxy groups -OCH3 is 1. The lowest BCUT2D eigenvalue weighted by molar-refractivity contribution is 0.284. The molecule has 0 fully saturated rings. The molecule has 1 aliphatic rings. The van der Waals surface area contributed by atoms with Crippen LogP contribution in [-0.2, 0) is 19.6 Å². The number of hydrogen-bond donors (Lipinski definition) is 0. The van der Waals surface area contributed by atoms with Gasteiger partial charge in [-0.25, -0.2) is 0 Å². The van der Waals surface area contributed by atoms with Crippen LogP contribution < -0.4 is 14.4 Å². The summed E-state index contributed by atoms with van der Waals surface area (Å²) in [5.74, 6) is 2.66. The maximum absolute atomic E-state index is 5.70. The van der Waals surface area contributed by atoms with Crippen molar-refractivity contribution in [3.8, 4) is 11.5 Å². The molecular formula is C20H21N3O3. The van der Waals surface area contributed by atoms with Crippen LogP contribution in [-0.4, -0.2) is 23.3 Å². The third-order valence-corrected chi connectivity index (χ3v) is 4.59. The standard InChI is InChI=1S/C20H21N3O3/c1-14-11-15-5-3-4-6-18(15)23(14)12-20-21-19(22-26-20)13-25-17-9-7-16(24-2)8-10-17/h3-10,14H,11-13H2,1-2H3/t14-/m0/s1. The second kappa shape index (κ2) is 7.07. The minimum atomic E-state index is 0.266. The summed E-state index contributed by atoms with van der Waals surface area (Å²) in [6.07, 6.45) is 1.04. The Kier molecular flexibility index (Phi) is 4.48. The zero-order valence-electron chi connectivity index (χ0n) is 14.9. The quantitative estimate of drug-likeness (QED) is 0.676. The second-order valence-electron chi connectivity index (χ2n) is 6.38.